The third kappa shape index (κ3) is 3.41. The van der Waals surface area contributed by atoms with E-state index in [-0.39, 0.29) is 18.6 Å². The summed E-state index contributed by atoms with van der Waals surface area (Å²) < 4.78 is 27.7. The predicted molar refractivity (Wildman–Crippen MR) is 125 cm³/mol. The molecule has 4 heterocycles. The summed E-state index contributed by atoms with van der Waals surface area (Å²) in [5.41, 5.74) is 0.925. The zero-order chi connectivity index (χ0) is 24.2. The van der Waals surface area contributed by atoms with Gasteiger partial charge >= 0.3 is 0 Å². The molecule has 6 rings (SSSR count). The van der Waals surface area contributed by atoms with Crippen molar-refractivity contribution in [2.45, 2.75) is 18.1 Å². The fourth-order valence-electron chi connectivity index (χ4n) is 5.55. The van der Waals surface area contributed by atoms with E-state index in [4.69, 9.17) is 23.7 Å². The number of amides is 2. The quantitative estimate of drug-likeness (QED) is 0.609. The van der Waals surface area contributed by atoms with Crippen molar-refractivity contribution >= 4 is 17.5 Å². The Morgan fingerprint density at radius 3 is 2.77 bits per heavy atom. The number of carbonyl (C=O) groups excluding carboxylic acids is 2. The molecule has 9 heteroatoms. The Hall–Kier alpha value is -3.72. The number of methoxy groups -OCH3 is 2. The molecule has 4 aliphatic heterocycles. The van der Waals surface area contributed by atoms with Crippen LogP contribution in [0.1, 0.15) is 5.56 Å². The summed E-state index contributed by atoms with van der Waals surface area (Å²) in [6, 6.07) is 11.1. The number of ether oxygens (including phenoxy) is 5. The topological polar surface area (TPSA) is 95.6 Å². The molecule has 2 aromatic rings. The highest BCUT2D eigenvalue weighted by molar-refractivity contribution is 6.03. The van der Waals surface area contributed by atoms with Crippen LogP contribution in [0.15, 0.2) is 48.6 Å². The lowest BCUT2D eigenvalue weighted by Gasteiger charge is -2.23. The predicted octanol–water partition coefficient (Wildman–Crippen LogP) is 2.08. The number of fused-ring (bicyclic) bond motifs is 2. The molecular weight excluding hydrogens is 452 g/mol. The third-order valence-electron chi connectivity index (χ3n) is 7.23. The van der Waals surface area contributed by atoms with Gasteiger partial charge in [0.2, 0.25) is 18.6 Å². The monoisotopic (exact) mass is 478 g/mol. The zero-order valence-corrected chi connectivity index (χ0v) is 19.5. The molecular formula is C26H26N2O7. The van der Waals surface area contributed by atoms with Crippen molar-refractivity contribution in [1.29, 1.82) is 0 Å². The van der Waals surface area contributed by atoms with Gasteiger partial charge in [0.15, 0.2) is 23.0 Å². The number of hydrogen-bond donors (Lipinski definition) is 1. The SMILES string of the molecule is COc1ccc(CCNC(=O)C2C3C(=O)N(c4ccc5c(c4)OCO5)C[C@@]34C=C[C@@H]2O4)cc1OC. The van der Waals surface area contributed by atoms with E-state index >= 15 is 0 Å². The first-order valence-electron chi connectivity index (χ1n) is 11.6. The number of benzene rings is 2. The van der Waals surface area contributed by atoms with Gasteiger partial charge in [-0.25, -0.2) is 0 Å². The number of anilines is 1. The lowest BCUT2D eigenvalue weighted by Crippen LogP contribution is -2.44. The van der Waals surface area contributed by atoms with Crippen molar-refractivity contribution in [3.63, 3.8) is 0 Å². The maximum Gasteiger partial charge on any atom is 0.234 e. The molecule has 4 atom stereocenters. The maximum atomic E-state index is 13.5. The van der Waals surface area contributed by atoms with Crippen LogP contribution in [0.4, 0.5) is 5.69 Å². The van der Waals surface area contributed by atoms with E-state index in [0.717, 1.165) is 5.56 Å². The van der Waals surface area contributed by atoms with Crippen molar-refractivity contribution < 1.29 is 33.3 Å². The van der Waals surface area contributed by atoms with Gasteiger partial charge < -0.3 is 33.9 Å². The van der Waals surface area contributed by atoms with Gasteiger partial charge in [-0.3, -0.25) is 9.59 Å². The second-order valence-corrected chi connectivity index (χ2v) is 9.09. The van der Waals surface area contributed by atoms with E-state index in [2.05, 4.69) is 5.32 Å². The molecule has 1 N–H and O–H groups in total. The summed E-state index contributed by atoms with van der Waals surface area (Å²) in [5, 5.41) is 3.01. The van der Waals surface area contributed by atoms with Gasteiger partial charge in [0.05, 0.1) is 38.7 Å². The highest BCUT2D eigenvalue weighted by Crippen LogP contribution is 2.53. The second kappa shape index (κ2) is 8.20. The molecule has 1 spiro atoms. The summed E-state index contributed by atoms with van der Waals surface area (Å²) >= 11 is 0. The van der Waals surface area contributed by atoms with Crippen molar-refractivity contribution in [2.75, 3.05) is 39.0 Å². The van der Waals surface area contributed by atoms with Crippen LogP contribution < -0.4 is 29.2 Å². The number of nitrogens with zero attached hydrogens (tertiary/aromatic N) is 1. The average Bonchev–Trinajstić information content (AvgIpc) is 3.64. The first kappa shape index (κ1) is 21.8. The molecule has 2 amide bonds. The number of carbonyl (C=O) groups is 2. The minimum Gasteiger partial charge on any atom is -0.493 e. The van der Waals surface area contributed by atoms with E-state index in [1.54, 1.807) is 31.3 Å². The van der Waals surface area contributed by atoms with Crippen molar-refractivity contribution in [3.05, 3.63) is 54.1 Å². The molecule has 9 nitrogen and oxygen atoms in total. The molecule has 2 fully saturated rings. The first-order chi connectivity index (χ1) is 17.0. The average molecular weight is 479 g/mol. The van der Waals surface area contributed by atoms with Gasteiger partial charge in [-0.15, -0.1) is 0 Å². The number of rotatable bonds is 7. The summed E-state index contributed by atoms with van der Waals surface area (Å²) in [4.78, 5) is 28.5. The Morgan fingerprint density at radius 1 is 1.11 bits per heavy atom. The van der Waals surface area contributed by atoms with Gasteiger partial charge in [-0.2, -0.15) is 0 Å². The minimum atomic E-state index is -0.788. The fraction of sp³-hybridized carbons (Fsp3) is 0.385. The van der Waals surface area contributed by atoms with Crippen LogP contribution in [0.3, 0.4) is 0 Å². The summed E-state index contributed by atoms with van der Waals surface area (Å²) in [5.74, 6) is 1.13. The van der Waals surface area contributed by atoms with Crippen LogP contribution >= 0.6 is 0 Å². The summed E-state index contributed by atoms with van der Waals surface area (Å²) in [7, 11) is 3.18. The molecule has 182 valence electrons. The molecule has 2 unspecified atom stereocenters. The Bertz CT molecular complexity index is 1230. The van der Waals surface area contributed by atoms with Crippen LogP contribution in [0.2, 0.25) is 0 Å². The number of hydrogen-bond acceptors (Lipinski definition) is 7. The normalized spacial score (nSPS) is 27.3. The van der Waals surface area contributed by atoms with E-state index in [1.807, 2.05) is 36.4 Å². The molecule has 0 aromatic heterocycles. The van der Waals surface area contributed by atoms with E-state index in [1.165, 1.54) is 0 Å². The molecule has 35 heavy (non-hydrogen) atoms. The van der Waals surface area contributed by atoms with Gasteiger partial charge in [-0.1, -0.05) is 18.2 Å². The fourth-order valence-corrected chi connectivity index (χ4v) is 5.55. The van der Waals surface area contributed by atoms with Gasteiger partial charge in [-0.05, 0) is 36.2 Å². The van der Waals surface area contributed by atoms with Crippen LogP contribution in [-0.4, -0.2) is 57.6 Å². The van der Waals surface area contributed by atoms with Crippen LogP contribution in [0.5, 0.6) is 23.0 Å². The molecule has 2 saturated heterocycles. The lowest BCUT2D eigenvalue weighted by atomic mass is 9.77. The molecule has 0 saturated carbocycles. The molecule has 0 aliphatic carbocycles. The van der Waals surface area contributed by atoms with Crippen LogP contribution in [0.25, 0.3) is 0 Å². The molecule has 2 aromatic carbocycles. The smallest absolute Gasteiger partial charge is 0.234 e. The van der Waals surface area contributed by atoms with E-state index in [9.17, 15) is 9.59 Å². The Labute approximate surface area is 202 Å². The number of nitrogens with one attached hydrogen (secondary N) is 1. The molecule has 0 radical (unpaired) electrons. The van der Waals surface area contributed by atoms with Gasteiger partial charge in [0, 0.05) is 18.3 Å². The summed E-state index contributed by atoms with van der Waals surface area (Å²) in [6.07, 6.45) is 4.07. The Balaban J connectivity index is 1.15. The van der Waals surface area contributed by atoms with Crippen molar-refractivity contribution in [2.24, 2.45) is 11.8 Å². The highest BCUT2D eigenvalue weighted by Gasteiger charge is 2.67. The van der Waals surface area contributed by atoms with Crippen LogP contribution in [-0.2, 0) is 20.7 Å². The minimum absolute atomic E-state index is 0.115. The summed E-state index contributed by atoms with van der Waals surface area (Å²) in [6.45, 7) is 0.956. The molecule has 2 bridgehead atoms. The Morgan fingerprint density at radius 2 is 1.94 bits per heavy atom. The largest absolute Gasteiger partial charge is 0.493 e. The standard InChI is InChI=1S/C26H26N2O7/c1-31-17-5-3-15(11-20(17)32-2)8-10-27-24(29)22-19-7-9-26(35-19)13-28(25(30)23(22)26)16-4-6-18-21(12-16)34-14-33-18/h3-7,9,11-12,19,22-23H,8,10,13-14H2,1-2H3,(H,27,29)/t19-,22?,23?,26-/m0/s1. The Kier molecular flexibility index (Phi) is 5.10. The van der Waals surface area contributed by atoms with Gasteiger partial charge in [0.25, 0.3) is 0 Å². The maximum absolute atomic E-state index is 13.5. The highest BCUT2D eigenvalue weighted by atomic mass is 16.7. The van der Waals surface area contributed by atoms with Crippen molar-refractivity contribution in [1.82, 2.24) is 5.32 Å². The first-order valence-corrected chi connectivity index (χ1v) is 11.6. The third-order valence-corrected chi connectivity index (χ3v) is 7.23. The van der Waals surface area contributed by atoms with Crippen molar-refractivity contribution in [3.8, 4) is 23.0 Å². The van der Waals surface area contributed by atoms with Crippen LogP contribution in [0, 0.1) is 11.8 Å². The van der Waals surface area contributed by atoms with E-state index < -0.39 is 23.5 Å². The van der Waals surface area contributed by atoms with Gasteiger partial charge in [0.1, 0.15) is 5.60 Å². The second-order valence-electron chi connectivity index (χ2n) is 9.09. The zero-order valence-electron chi connectivity index (χ0n) is 19.5. The molecule has 4 aliphatic rings. The van der Waals surface area contributed by atoms with E-state index in [0.29, 0.717) is 48.2 Å². The lowest BCUT2D eigenvalue weighted by molar-refractivity contribution is -0.131.